The fraction of sp³-hybridized carbons (Fsp3) is 0.182. The van der Waals surface area contributed by atoms with Gasteiger partial charge in [0.15, 0.2) is 5.78 Å². The number of ketones is 1. The first kappa shape index (κ1) is 9.52. The molecule has 2 heteroatoms. The van der Waals surface area contributed by atoms with Gasteiger partial charge >= 0.3 is 0 Å². The van der Waals surface area contributed by atoms with E-state index in [9.17, 15) is 9.90 Å². The van der Waals surface area contributed by atoms with Gasteiger partial charge in [-0.25, -0.2) is 0 Å². The van der Waals surface area contributed by atoms with Gasteiger partial charge in [0.25, 0.3) is 0 Å². The number of aromatic hydroxyl groups is 1. The van der Waals surface area contributed by atoms with E-state index in [-0.39, 0.29) is 11.5 Å². The standard InChI is InChI=1S/C11H12O2/c1-3-4-9-5-6-10(8(2)12)7-11(9)13/h3,5-7,13H,1,4H2,2H3. The van der Waals surface area contributed by atoms with E-state index in [2.05, 4.69) is 6.58 Å². The van der Waals surface area contributed by atoms with E-state index >= 15 is 0 Å². The third kappa shape index (κ3) is 2.18. The number of hydrogen-bond acceptors (Lipinski definition) is 2. The van der Waals surface area contributed by atoms with Crippen molar-refractivity contribution in [2.45, 2.75) is 13.3 Å². The number of phenolic OH excluding ortho intramolecular Hbond substituents is 1. The summed E-state index contributed by atoms with van der Waals surface area (Å²) in [6.45, 7) is 5.05. The van der Waals surface area contributed by atoms with Crippen LogP contribution >= 0.6 is 0 Å². The Bertz CT molecular complexity index is 340. The van der Waals surface area contributed by atoms with E-state index in [0.717, 1.165) is 5.56 Å². The SMILES string of the molecule is C=CCc1ccc(C(C)=O)cc1O. The molecule has 0 fully saturated rings. The molecule has 0 saturated carbocycles. The van der Waals surface area contributed by atoms with Crippen molar-refractivity contribution in [3.63, 3.8) is 0 Å². The summed E-state index contributed by atoms with van der Waals surface area (Å²) in [5, 5.41) is 9.47. The van der Waals surface area contributed by atoms with Gasteiger partial charge in [-0.15, -0.1) is 6.58 Å². The minimum Gasteiger partial charge on any atom is -0.508 e. The van der Waals surface area contributed by atoms with E-state index in [1.807, 2.05) is 0 Å². The molecule has 0 bridgehead atoms. The molecular formula is C11H12O2. The third-order valence-electron chi connectivity index (χ3n) is 1.86. The summed E-state index contributed by atoms with van der Waals surface area (Å²) in [6, 6.07) is 4.94. The number of hydrogen-bond donors (Lipinski definition) is 1. The monoisotopic (exact) mass is 176 g/mol. The Morgan fingerprint density at radius 3 is 2.77 bits per heavy atom. The van der Waals surface area contributed by atoms with Crippen molar-refractivity contribution < 1.29 is 9.90 Å². The topological polar surface area (TPSA) is 37.3 Å². The quantitative estimate of drug-likeness (QED) is 0.567. The summed E-state index contributed by atoms with van der Waals surface area (Å²) in [6.07, 6.45) is 2.33. The largest absolute Gasteiger partial charge is 0.508 e. The lowest BCUT2D eigenvalue weighted by Gasteiger charge is -2.02. The summed E-state index contributed by atoms with van der Waals surface area (Å²) in [5.74, 6) is 0.119. The second kappa shape index (κ2) is 3.90. The van der Waals surface area contributed by atoms with E-state index in [1.165, 1.54) is 13.0 Å². The average Bonchev–Trinajstić information content (AvgIpc) is 2.08. The first-order chi connectivity index (χ1) is 6.15. The summed E-state index contributed by atoms with van der Waals surface area (Å²) >= 11 is 0. The van der Waals surface area contributed by atoms with Gasteiger partial charge in [-0.3, -0.25) is 4.79 Å². The Hall–Kier alpha value is -1.57. The number of rotatable bonds is 3. The lowest BCUT2D eigenvalue weighted by atomic mass is 10.1. The Morgan fingerprint density at radius 1 is 1.62 bits per heavy atom. The average molecular weight is 176 g/mol. The Labute approximate surface area is 77.5 Å². The molecule has 0 spiro atoms. The lowest BCUT2D eigenvalue weighted by Crippen LogP contribution is -1.92. The van der Waals surface area contributed by atoms with E-state index in [0.29, 0.717) is 12.0 Å². The lowest BCUT2D eigenvalue weighted by molar-refractivity contribution is 0.101. The molecule has 0 saturated heterocycles. The molecule has 0 atom stereocenters. The number of carbonyl (C=O) groups is 1. The smallest absolute Gasteiger partial charge is 0.159 e. The van der Waals surface area contributed by atoms with Crippen LogP contribution in [0.3, 0.4) is 0 Å². The molecule has 2 nitrogen and oxygen atoms in total. The van der Waals surface area contributed by atoms with Gasteiger partial charge in [-0.2, -0.15) is 0 Å². The maximum Gasteiger partial charge on any atom is 0.159 e. The summed E-state index contributed by atoms with van der Waals surface area (Å²) < 4.78 is 0. The van der Waals surface area contributed by atoms with Crippen molar-refractivity contribution in [3.05, 3.63) is 42.0 Å². The van der Waals surface area contributed by atoms with Crippen LogP contribution < -0.4 is 0 Å². The zero-order chi connectivity index (χ0) is 9.84. The van der Waals surface area contributed by atoms with Gasteiger partial charge in [0.2, 0.25) is 0 Å². The van der Waals surface area contributed by atoms with E-state index < -0.39 is 0 Å². The molecule has 0 heterocycles. The van der Waals surface area contributed by atoms with Crippen LogP contribution in [0.25, 0.3) is 0 Å². The predicted octanol–water partition coefficient (Wildman–Crippen LogP) is 2.32. The molecule has 68 valence electrons. The van der Waals surface area contributed by atoms with Crippen molar-refractivity contribution >= 4 is 5.78 Å². The van der Waals surface area contributed by atoms with E-state index in [4.69, 9.17) is 0 Å². The first-order valence-electron chi connectivity index (χ1n) is 4.09. The highest BCUT2D eigenvalue weighted by Gasteiger charge is 2.03. The predicted molar refractivity (Wildman–Crippen MR) is 52.0 cm³/mol. The van der Waals surface area contributed by atoms with Crippen LogP contribution in [0.15, 0.2) is 30.9 Å². The molecule has 0 aliphatic carbocycles. The van der Waals surface area contributed by atoms with Gasteiger partial charge in [0.1, 0.15) is 5.75 Å². The minimum absolute atomic E-state index is 0.0412. The Morgan fingerprint density at radius 2 is 2.31 bits per heavy atom. The molecule has 0 aromatic heterocycles. The van der Waals surface area contributed by atoms with Gasteiger partial charge in [-0.1, -0.05) is 18.2 Å². The number of allylic oxidation sites excluding steroid dienone is 1. The van der Waals surface area contributed by atoms with Crippen LogP contribution in [-0.4, -0.2) is 10.9 Å². The highest BCUT2D eigenvalue weighted by atomic mass is 16.3. The van der Waals surface area contributed by atoms with Gasteiger partial charge in [0.05, 0.1) is 0 Å². The zero-order valence-corrected chi connectivity index (χ0v) is 7.58. The molecule has 0 radical (unpaired) electrons. The van der Waals surface area contributed by atoms with Crippen LogP contribution in [0, 0.1) is 0 Å². The molecule has 1 rings (SSSR count). The molecule has 13 heavy (non-hydrogen) atoms. The highest BCUT2D eigenvalue weighted by molar-refractivity contribution is 5.94. The molecule has 1 N–H and O–H groups in total. The van der Waals surface area contributed by atoms with Crippen molar-refractivity contribution in [3.8, 4) is 5.75 Å². The maximum absolute atomic E-state index is 10.9. The fourth-order valence-corrected chi connectivity index (χ4v) is 1.11. The van der Waals surface area contributed by atoms with Crippen LogP contribution in [0.4, 0.5) is 0 Å². The Balaban J connectivity index is 3.04. The van der Waals surface area contributed by atoms with Crippen molar-refractivity contribution in [1.29, 1.82) is 0 Å². The first-order valence-corrected chi connectivity index (χ1v) is 4.09. The molecule has 0 unspecified atom stereocenters. The van der Waals surface area contributed by atoms with Crippen LogP contribution in [0.2, 0.25) is 0 Å². The third-order valence-corrected chi connectivity index (χ3v) is 1.86. The second-order valence-corrected chi connectivity index (χ2v) is 2.89. The normalized spacial score (nSPS) is 9.62. The number of carbonyl (C=O) groups excluding carboxylic acids is 1. The van der Waals surface area contributed by atoms with Gasteiger partial charge < -0.3 is 5.11 Å². The summed E-state index contributed by atoms with van der Waals surface area (Å²) in [4.78, 5) is 10.9. The van der Waals surface area contributed by atoms with Crippen LogP contribution in [0.5, 0.6) is 5.75 Å². The number of benzene rings is 1. The number of Topliss-reactive ketones (excluding diaryl/α,β-unsaturated/α-hetero) is 1. The van der Waals surface area contributed by atoms with Crippen LogP contribution in [0.1, 0.15) is 22.8 Å². The van der Waals surface area contributed by atoms with Gasteiger partial charge in [0, 0.05) is 5.56 Å². The molecule has 0 aliphatic heterocycles. The molecular weight excluding hydrogens is 164 g/mol. The maximum atomic E-state index is 10.9. The van der Waals surface area contributed by atoms with Crippen molar-refractivity contribution in [1.82, 2.24) is 0 Å². The summed E-state index contributed by atoms with van der Waals surface area (Å²) in [7, 11) is 0. The molecule has 1 aromatic carbocycles. The van der Waals surface area contributed by atoms with Gasteiger partial charge in [-0.05, 0) is 25.0 Å². The molecule has 0 amide bonds. The highest BCUT2D eigenvalue weighted by Crippen LogP contribution is 2.19. The second-order valence-electron chi connectivity index (χ2n) is 2.89. The Kier molecular flexibility index (Phi) is 2.85. The van der Waals surface area contributed by atoms with Crippen molar-refractivity contribution in [2.75, 3.05) is 0 Å². The van der Waals surface area contributed by atoms with E-state index in [1.54, 1.807) is 18.2 Å². The van der Waals surface area contributed by atoms with Crippen LogP contribution in [-0.2, 0) is 6.42 Å². The van der Waals surface area contributed by atoms with Crippen molar-refractivity contribution in [2.24, 2.45) is 0 Å². The fourth-order valence-electron chi connectivity index (χ4n) is 1.11. The summed E-state index contributed by atoms with van der Waals surface area (Å²) in [5.41, 5.74) is 1.32. The zero-order valence-electron chi connectivity index (χ0n) is 7.58. The minimum atomic E-state index is -0.0412. The molecule has 1 aromatic rings. The number of phenols is 1. The molecule has 0 aliphatic rings.